The van der Waals surface area contributed by atoms with Gasteiger partial charge in [-0.1, -0.05) is 0 Å². The molecule has 0 aromatic rings. The first-order valence-electron chi connectivity index (χ1n) is 0.400. The van der Waals surface area contributed by atoms with E-state index in [1.165, 1.54) is 4.91 Å². The molecular weight excluding hydrogens is 101 g/mol. The van der Waals surface area contributed by atoms with Crippen LogP contribution in [0.5, 0.6) is 0 Å². The maximum atomic E-state index is 6.75. The minimum Gasteiger partial charge on any atom is -0.373 e. The van der Waals surface area contributed by atoms with Gasteiger partial charge >= 0.3 is 0 Å². The van der Waals surface area contributed by atoms with Gasteiger partial charge in [0.15, 0.2) is 0 Å². The van der Waals surface area contributed by atoms with Crippen LogP contribution in [-0.4, -0.2) is 0 Å². The fourth-order valence-corrected chi connectivity index (χ4v) is 0. The Bertz CT molecular complexity index is 24.3. The Labute approximate surface area is 33.3 Å². The molecule has 0 bridgehead atoms. The summed E-state index contributed by atoms with van der Waals surface area (Å²) in [5, 5.41) is 0. The Morgan fingerprint density at radius 2 is 1.25 bits per heavy atom. The Hall–Kier alpha value is -0.196. The average molecular weight is 101 g/mol. The summed E-state index contributed by atoms with van der Waals surface area (Å²) in [6.45, 7) is 0. The molecule has 0 aliphatic rings. The van der Waals surface area contributed by atoms with Gasteiger partial charge in [0.1, 0.15) is 0 Å². The normalized spacial score (nSPS) is 2.00. The van der Waals surface area contributed by atoms with Crippen LogP contribution >= 0.6 is 0 Å². The molecule has 0 unspecified atom stereocenters. The van der Waals surface area contributed by atoms with Crippen molar-refractivity contribution >= 4 is 0 Å². The summed E-state index contributed by atoms with van der Waals surface area (Å²) < 4.78 is 0. The first kappa shape index (κ1) is 9.19. The molecule has 0 aliphatic carbocycles. The molecule has 3 nitrogen and oxygen atoms in total. The molecule has 0 rings (SSSR count). The second kappa shape index (κ2) is 14.1. The van der Waals surface area contributed by atoms with Gasteiger partial charge in [-0.25, -0.2) is 0 Å². The van der Waals surface area contributed by atoms with Crippen LogP contribution in [0.1, 0.15) is 0 Å². The van der Waals surface area contributed by atoms with Crippen molar-refractivity contribution in [3.8, 4) is 0 Å². The van der Waals surface area contributed by atoms with E-state index in [9.17, 15) is 0 Å². The molecule has 26 valence electrons. The third-order valence-electron chi connectivity index (χ3n) is 0. The molecule has 0 N–H and O–H groups in total. The van der Waals surface area contributed by atoms with Crippen LogP contribution in [0.25, 0.3) is 16.0 Å². The zero-order valence-corrected chi connectivity index (χ0v) is 2.65. The van der Waals surface area contributed by atoms with Crippen LogP contribution in [0.2, 0.25) is 0 Å². The van der Waals surface area contributed by atoms with Crippen molar-refractivity contribution in [3.05, 3.63) is 16.0 Å². The molecule has 0 fully saturated rings. The largest absolute Gasteiger partial charge is 0.373 e. The average Bonchev–Trinajstić information content (AvgIpc) is 0.918. The predicted octanol–water partition coefficient (Wildman–Crippen LogP) is 0.864. The van der Waals surface area contributed by atoms with Crippen LogP contribution in [0, 0.1) is 0 Å². The van der Waals surface area contributed by atoms with E-state index in [4.69, 9.17) is 11.1 Å². The Kier molecular flexibility index (Phi) is 32.5. The molecule has 4 heavy (non-hydrogen) atoms. The number of rotatable bonds is 0. The maximum Gasteiger partial charge on any atom is 0 e. The first-order valence-corrected chi connectivity index (χ1v) is 0.400. The fourth-order valence-electron chi connectivity index (χ4n) is 0. The molecular formula is N3Ni-. The Balaban J connectivity index is 0. The molecule has 0 radical (unpaired) electrons. The van der Waals surface area contributed by atoms with Gasteiger partial charge in [0.2, 0.25) is 0 Å². The van der Waals surface area contributed by atoms with E-state index in [1.807, 2.05) is 0 Å². The molecule has 0 aliphatic heterocycles. The predicted molar refractivity (Wildman–Crippen MR) is 10.1 cm³/mol. The molecule has 0 heterocycles. The minimum atomic E-state index is 0. The second-order valence-corrected chi connectivity index (χ2v) is 0.0894. The van der Waals surface area contributed by atoms with Crippen molar-refractivity contribution in [2.75, 3.05) is 0 Å². The van der Waals surface area contributed by atoms with Gasteiger partial charge in [-0.05, 0) is 0 Å². The standard InChI is InChI=1S/N3.Ni/c1-3-2;/q-1;. The topological polar surface area (TPSA) is 58.7 Å². The smallest absolute Gasteiger partial charge is 0 e. The number of nitrogens with zero attached hydrogens (tertiary/aromatic N) is 3. The van der Waals surface area contributed by atoms with Crippen molar-refractivity contribution < 1.29 is 16.5 Å². The third-order valence-corrected chi connectivity index (χ3v) is 0. The number of hydrogen-bond acceptors (Lipinski definition) is 0. The monoisotopic (exact) mass is 99.9 g/mol. The second-order valence-electron chi connectivity index (χ2n) is 0.0894. The van der Waals surface area contributed by atoms with Gasteiger partial charge in [-0.2, -0.15) is 0 Å². The summed E-state index contributed by atoms with van der Waals surface area (Å²) in [4.78, 5) is 1.50. The van der Waals surface area contributed by atoms with Crippen molar-refractivity contribution in [1.29, 1.82) is 0 Å². The molecule has 0 saturated heterocycles. The summed E-state index contributed by atoms with van der Waals surface area (Å²) >= 11 is 0. The van der Waals surface area contributed by atoms with Crippen LogP contribution in [0.15, 0.2) is 0 Å². The summed E-state index contributed by atoms with van der Waals surface area (Å²) in [7, 11) is 0. The van der Waals surface area contributed by atoms with E-state index in [2.05, 4.69) is 0 Å². The van der Waals surface area contributed by atoms with Gasteiger partial charge in [0.05, 0.1) is 0 Å². The van der Waals surface area contributed by atoms with Crippen LogP contribution < -0.4 is 0 Å². The van der Waals surface area contributed by atoms with E-state index >= 15 is 0 Å². The first-order chi connectivity index (χ1) is 1.41. The zero-order chi connectivity index (χ0) is 2.71. The molecule has 0 spiro atoms. The molecule has 0 atom stereocenters. The summed E-state index contributed by atoms with van der Waals surface area (Å²) in [6.07, 6.45) is 0. The van der Waals surface area contributed by atoms with E-state index in [0.29, 0.717) is 0 Å². The van der Waals surface area contributed by atoms with Gasteiger partial charge in [0, 0.05) is 16.5 Å². The molecule has 0 amide bonds. The van der Waals surface area contributed by atoms with Crippen molar-refractivity contribution in [2.24, 2.45) is 0 Å². The van der Waals surface area contributed by atoms with E-state index < -0.39 is 0 Å². The summed E-state index contributed by atoms with van der Waals surface area (Å²) in [5.41, 5.74) is 13.5. The quantitative estimate of drug-likeness (QED) is 0.188. The SMILES string of the molecule is [N-]=[N+]=[N-].[Ni]. The van der Waals surface area contributed by atoms with Crippen LogP contribution in [-0.2, 0) is 16.5 Å². The van der Waals surface area contributed by atoms with Gasteiger partial charge in [-0.3, -0.25) is 4.91 Å². The Morgan fingerprint density at radius 1 is 1.25 bits per heavy atom. The van der Waals surface area contributed by atoms with E-state index in [0.717, 1.165) is 0 Å². The summed E-state index contributed by atoms with van der Waals surface area (Å²) in [5.74, 6) is 0. The van der Waals surface area contributed by atoms with Crippen LogP contribution in [0.3, 0.4) is 0 Å². The summed E-state index contributed by atoms with van der Waals surface area (Å²) in [6, 6.07) is 0. The number of hydrogen-bond donors (Lipinski definition) is 0. The maximum absolute atomic E-state index is 6.75. The fraction of sp³-hybridized carbons (Fsp3) is 0. The van der Waals surface area contributed by atoms with Crippen molar-refractivity contribution in [1.82, 2.24) is 0 Å². The Morgan fingerprint density at radius 3 is 1.25 bits per heavy atom. The molecule has 0 aromatic heterocycles. The van der Waals surface area contributed by atoms with E-state index in [1.54, 1.807) is 0 Å². The van der Waals surface area contributed by atoms with E-state index in [-0.39, 0.29) is 16.5 Å². The third kappa shape index (κ3) is 30.2. The van der Waals surface area contributed by atoms with Gasteiger partial charge < -0.3 is 11.1 Å². The zero-order valence-electron chi connectivity index (χ0n) is 1.66. The van der Waals surface area contributed by atoms with Crippen molar-refractivity contribution in [2.45, 2.75) is 0 Å². The van der Waals surface area contributed by atoms with Gasteiger partial charge in [-0.15, -0.1) is 0 Å². The molecule has 0 saturated carbocycles. The van der Waals surface area contributed by atoms with Crippen LogP contribution in [0.4, 0.5) is 0 Å². The molecule has 4 heteroatoms. The van der Waals surface area contributed by atoms with Gasteiger partial charge in [0.25, 0.3) is 0 Å². The van der Waals surface area contributed by atoms with Crippen molar-refractivity contribution in [3.63, 3.8) is 0 Å². The molecule has 0 aromatic carbocycles. The minimum absolute atomic E-state index is 0.